The van der Waals surface area contributed by atoms with E-state index < -0.39 is 37.6 Å². The maximum Gasteiger partial charge on any atom is 0.516 e. The van der Waals surface area contributed by atoms with Crippen molar-refractivity contribution >= 4 is 42.5 Å². The Bertz CT molecular complexity index is 1610. The average molecular weight is 708 g/mol. The number of hydrogen-bond acceptors (Lipinski definition) is 14. The van der Waals surface area contributed by atoms with Crippen LogP contribution in [-0.2, 0) is 45.8 Å². The highest BCUT2D eigenvalue weighted by molar-refractivity contribution is 7.59. The van der Waals surface area contributed by atoms with Crippen LogP contribution < -0.4 is 25.4 Å². The van der Waals surface area contributed by atoms with E-state index in [-0.39, 0.29) is 73.7 Å². The molecule has 0 bridgehead atoms. The van der Waals surface area contributed by atoms with Crippen molar-refractivity contribution in [3.8, 4) is 12.0 Å². The van der Waals surface area contributed by atoms with Gasteiger partial charge in [-0.2, -0.15) is 15.0 Å². The quantitative estimate of drug-likeness (QED) is 0.0745. The number of methoxy groups -OCH3 is 1. The van der Waals surface area contributed by atoms with Gasteiger partial charge < -0.3 is 34.2 Å². The van der Waals surface area contributed by atoms with E-state index in [1.54, 1.807) is 58.9 Å². The van der Waals surface area contributed by atoms with Crippen molar-refractivity contribution < 1.29 is 47.4 Å². The third kappa shape index (κ3) is 11.7. The molecule has 3 aromatic rings. The SMILES string of the molecule is CCOC(=O)Oc1nc2c(N)nc(OCCOC)nc2n1Cc1cccc(CP(=O)(NC(C)C(=O)OC(C)C)NC(C)C(=O)OC(C)C)c1. The molecule has 270 valence electrons. The summed E-state index contributed by atoms with van der Waals surface area (Å²) in [5.41, 5.74) is 7.80. The van der Waals surface area contributed by atoms with Gasteiger partial charge in [-0.1, -0.05) is 24.3 Å². The van der Waals surface area contributed by atoms with E-state index in [2.05, 4.69) is 25.1 Å². The normalized spacial score (nSPS) is 13.9. The number of nitrogen functional groups attached to an aromatic ring is 1. The van der Waals surface area contributed by atoms with E-state index in [0.717, 1.165) is 0 Å². The highest BCUT2D eigenvalue weighted by Gasteiger charge is 2.33. The third-order valence-electron chi connectivity index (χ3n) is 6.47. The van der Waals surface area contributed by atoms with Crippen LogP contribution in [-0.4, -0.2) is 88.8 Å². The number of hydrogen-bond donors (Lipinski definition) is 3. The number of nitrogens with zero attached hydrogens (tertiary/aromatic N) is 4. The average Bonchev–Trinajstić information content (AvgIpc) is 3.33. The van der Waals surface area contributed by atoms with Gasteiger partial charge >= 0.3 is 30.1 Å². The minimum atomic E-state index is -3.71. The van der Waals surface area contributed by atoms with E-state index in [0.29, 0.717) is 11.1 Å². The molecule has 4 N–H and O–H groups in total. The lowest BCUT2D eigenvalue weighted by Gasteiger charge is -2.27. The van der Waals surface area contributed by atoms with Gasteiger partial charge in [-0.25, -0.2) is 15.0 Å². The molecule has 17 nitrogen and oxygen atoms in total. The number of esters is 2. The molecule has 0 aliphatic carbocycles. The van der Waals surface area contributed by atoms with Crippen molar-refractivity contribution in [1.82, 2.24) is 29.7 Å². The van der Waals surface area contributed by atoms with Crippen LogP contribution in [0.3, 0.4) is 0 Å². The molecule has 3 rings (SSSR count). The van der Waals surface area contributed by atoms with Gasteiger partial charge in [0.2, 0.25) is 7.44 Å². The Balaban J connectivity index is 1.99. The Morgan fingerprint density at radius 1 is 0.918 bits per heavy atom. The number of fused-ring (bicyclic) bond motifs is 1. The van der Waals surface area contributed by atoms with Crippen LogP contribution in [0.5, 0.6) is 12.0 Å². The molecule has 0 fully saturated rings. The van der Waals surface area contributed by atoms with E-state index in [9.17, 15) is 18.9 Å². The number of rotatable bonds is 18. The van der Waals surface area contributed by atoms with Crippen LogP contribution in [0.2, 0.25) is 0 Å². The van der Waals surface area contributed by atoms with Gasteiger partial charge in [-0.15, -0.1) is 0 Å². The zero-order valence-electron chi connectivity index (χ0n) is 29.1. The minimum absolute atomic E-state index is 0.00746. The number of ether oxygens (including phenoxy) is 6. The topological polar surface area (TPSA) is 217 Å². The summed E-state index contributed by atoms with van der Waals surface area (Å²) < 4.78 is 47.4. The van der Waals surface area contributed by atoms with Crippen LogP contribution in [0, 0.1) is 0 Å². The van der Waals surface area contributed by atoms with Crippen LogP contribution in [0.25, 0.3) is 11.2 Å². The number of anilines is 1. The van der Waals surface area contributed by atoms with Gasteiger partial charge in [0.25, 0.3) is 0 Å². The molecule has 0 aliphatic heterocycles. The zero-order chi connectivity index (χ0) is 36.3. The van der Waals surface area contributed by atoms with Gasteiger partial charge in [0.05, 0.1) is 38.1 Å². The zero-order valence-corrected chi connectivity index (χ0v) is 29.9. The lowest BCUT2D eigenvalue weighted by Crippen LogP contribution is -2.42. The maximum absolute atomic E-state index is 14.4. The van der Waals surface area contributed by atoms with Gasteiger partial charge in [-0.05, 0) is 59.6 Å². The van der Waals surface area contributed by atoms with Crippen LogP contribution >= 0.6 is 7.44 Å². The van der Waals surface area contributed by atoms with E-state index in [1.165, 1.54) is 25.5 Å². The first-order chi connectivity index (χ1) is 23.1. The number of nitrogens with two attached hydrogens (primary N) is 1. The van der Waals surface area contributed by atoms with E-state index >= 15 is 0 Å². The predicted molar refractivity (Wildman–Crippen MR) is 179 cm³/mol. The van der Waals surface area contributed by atoms with Crippen LogP contribution in [0.4, 0.5) is 10.6 Å². The molecule has 2 unspecified atom stereocenters. The van der Waals surface area contributed by atoms with Crippen molar-refractivity contribution in [1.29, 1.82) is 0 Å². The van der Waals surface area contributed by atoms with Crippen molar-refractivity contribution in [3.05, 3.63) is 35.4 Å². The number of imidazole rings is 1. The second kappa shape index (κ2) is 17.9. The van der Waals surface area contributed by atoms with Gasteiger partial charge in [0.1, 0.15) is 18.7 Å². The fourth-order valence-corrected chi connectivity index (χ4v) is 6.93. The lowest BCUT2D eigenvalue weighted by molar-refractivity contribution is -0.149. The smallest absolute Gasteiger partial charge is 0.462 e. The molecule has 0 amide bonds. The molecular weight excluding hydrogens is 661 g/mol. The largest absolute Gasteiger partial charge is 0.516 e. The van der Waals surface area contributed by atoms with Crippen molar-refractivity contribution in [2.45, 2.75) is 85.5 Å². The first-order valence-corrected chi connectivity index (χ1v) is 17.7. The van der Waals surface area contributed by atoms with Crippen LogP contribution in [0.15, 0.2) is 24.3 Å². The van der Waals surface area contributed by atoms with Crippen molar-refractivity contribution in [2.75, 3.05) is 32.7 Å². The molecule has 0 spiro atoms. The molecule has 0 saturated heterocycles. The van der Waals surface area contributed by atoms with Gasteiger partial charge in [0, 0.05) is 7.11 Å². The van der Waals surface area contributed by atoms with Crippen molar-refractivity contribution in [3.63, 3.8) is 0 Å². The molecule has 0 saturated carbocycles. The predicted octanol–water partition coefficient (Wildman–Crippen LogP) is 3.57. The number of benzene rings is 1. The Labute approximate surface area is 285 Å². The Morgan fingerprint density at radius 3 is 2.10 bits per heavy atom. The second-order valence-corrected chi connectivity index (χ2v) is 13.9. The number of aromatic nitrogens is 4. The Kier molecular flexibility index (Phi) is 14.3. The number of carbonyl (C=O) groups excluding carboxylic acids is 3. The highest BCUT2D eigenvalue weighted by Crippen LogP contribution is 2.42. The van der Waals surface area contributed by atoms with Crippen LogP contribution in [0.1, 0.15) is 59.6 Å². The standard InChI is InChI=1S/C31H46N7O10P/c1-9-44-31(41)48-30-33-24-25(32)34-29(45-14-13-43-8)35-26(24)38(30)16-22-11-10-12-23(15-22)17-49(42,36-20(6)27(39)46-18(2)3)37-21(7)28(40)47-19(4)5/h10-12,15,18-21H,9,13-14,16-17H2,1-8H3,(H2,32,34,35)(H2,36,37,42). The summed E-state index contributed by atoms with van der Waals surface area (Å²) >= 11 is 0. The molecular formula is C31H46N7O10P. The number of nitrogens with one attached hydrogen (secondary N) is 2. The molecule has 2 heterocycles. The molecule has 18 heteroatoms. The molecule has 0 aliphatic rings. The van der Waals surface area contributed by atoms with Crippen molar-refractivity contribution in [2.24, 2.45) is 0 Å². The fourth-order valence-electron chi connectivity index (χ4n) is 4.50. The summed E-state index contributed by atoms with van der Waals surface area (Å²) in [5.74, 6) is -1.21. The fraction of sp³-hybridized carbons (Fsp3) is 0.548. The molecule has 0 radical (unpaired) electrons. The summed E-state index contributed by atoms with van der Waals surface area (Å²) in [6.45, 7) is 12.1. The number of carbonyl (C=O) groups is 3. The maximum atomic E-state index is 14.4. The summed E-state index contributed by atoms with van der Waals surface area (Å²) in [4.78, 5) is 50.5. The first kappa shape index (κ1) is 39.1. The molecule has 49 heavy (non-hydrogen) atoms. The second-order valence-electron chi connectivity index (χ2n) is 11.6. The summed E-state index contributed by atoms with van der Waals surface area (Å²) in [6.07, 6.45) is -1.86. The van der Waals surface area contributed by atoms with Gasteiger partial charge in [-0.3, -0.25) is 18.7 Å². The Morgan fingerprint density at radius 2 is 1.53 bits per heavy atom. The molecule has 1 aromatic carbocycles. The monoisotopic (exact) mass is 707 g/mol. The lowest BCUT2D eigenvalue weighted by atomic mass is 10.1. The minimum Gasteiger partial charge on any atom is -0.462 e. The third-order valence-corrected chi connectivity index (χ3v) is 8.89. The van der Waals surface area contributed by atoms with E-state index in [1.807, 2.05) is 0 Å². The van der Waals surface area contributed by atoms with E-state index in [4.69, 9.17) is 34.2 Å². The first-order valence-electron chi connectivity index (χ1n) is 15.8. The molecule has 2 atom stereocenters. The van der Waals surface area contributed by atoms with Gasteiger partial charge in [0.15, 0.2) is 17.0 Å². The summed E-state index contributed by atoms with van der Waals surface area (Å²) in [5, 5.41) is 5.75. The Hall–Kier alpha value is -4.31. The summed E-state index contributed by atoms with van der Waals surface area (Å²) in [7, 11) is -2.19. The highest BCUT2D eigenvalue weighted by atomic mass is 31.2. The summed E-state index contributed by atoms with van der Waals surface area (Å²) in [6, 6.07) is 4.93. The molecule has 2 aromatic heterocycles.